The molecule has 12 heavy (non-hydrogen) atoms. The normalized spacial score (nSPS) is 8.75. The van der Waals surface area contributed by atoms with E-state index in [-0.39, 0.29) is 5.12 Å². The van der Waals surface area contributed by atoms with Crippen LogP contribution in [0.25, 0.3) is 0 Å². The van der Waals surface area contributed by atoms with Gasteiger partial charge in [0.25, 0.3) is 0 Å². The average molecular weight is 180 g/mol. The molecule has 0 saturated heterocycles. The molecule has 1 rings (SSSR count). The van der Waals surface area contributed by atoms with Crippen LogP contribution in [0.2, 0.25) is 0 Å². The number of carbonyl (C=O) groups is 1. The molecule has 0 aliphatic carbocycles. The number of carbonyl (C=O) groups excluding carboxylic acids is 1. The van der Waals surface area contributed by atoms with Crippen molar-refractivity contribution in [2.45, 2.75) is 6.92 Å². The van der Waals surface area contributed by atoms with Crippen LogP contribution in [0.4, 0.5) is 0 Å². The summed E-state index contributed by atoms with van der Waals surface area (Å²) in [5.74, 6) is 6.21. The summed E-state index contributed by atoms with van der Waals surface area (Å²) in [4.78, 5) is 17.1. The second-order valence-electron chi connectivity index (χ2n) is 2.05. The van der Waals surface area contributed by atoms with Crippen LogP contribution in [0.3, 0.4) is 0 Å². The molecular weight excluding hydrogens is 172 g/mol. The molecule has 1 aromatic rings. The van der Waals surface area contributed by atoms with Gasteiger partial charge in [-0.15, -0.1) is 0 Å². The van der Waals surface area contributed by atoms with Crippen molar-refractivity contribution in [3.8, 4) is 11.8 Å². The minimum absolute atomic E-state index is 0.0916. The van der Waals surface area contributed by atoms with Crippen molar-refractivity contribution in [3.63, 3.8) is 0 Å². The van der Waals surface area contributed by atoms with Gasteiger partial charge in [-0.05, 0) is 5.92 Å². The molecule has 0 saturated carbocycles. The molecule has 0 radical (unpaired) electrons. The Hall–Kier alpha value is -1.21. The van der Waals surface area contributed by atoms with Crippen LogP contribution in [0.15, 0.2) is 12.5 Å². The Morgan fingerprint density at radius 2 is 2.67 bits per heavy atom. The highest BCUT2D eigenvalue weighted by atomic mass is 32.2. The molecule has 4 heteroatoms. The summed E-state index contributed by atoms with van der Waals surface area (Å²) in [6.45, 7) is 1.53. The number of nitrogens with one attached hydrogen (secondary N) is 1. The van der Waals surface area contributed by atoms with Gasteiger partial charge in [0.05, 0.1) is 18.3 Å². The van der Waals surface area contributed by atoms with E-state index in [0.717, 1.165) is 5.69 Å². The van der Waals surface area contributed by atoms with Gasteiger partial charge in [0, 0.05) is 6.92 Å². The van der Waals surface area contributed by atoms with E-state index in [1.807, 2.05) is 0 Å². The Kier molecular flexibility index (Phi) is 3.42. The Morgan fingerprint density at radius 3 is 3.25 bits per heavy atom. The predicted octanol–water partition coefficient (Wildman–Crippen LogP) is 1.04. The highest BCUT2D eigenvalue weighted by Crippen LogP contribution is 1.98. The maximum atomic E-state index is 10.5. The largest absolute Gasteiger partial charge is 0.338 e. The van der Waals surface area contributed by atoms with Crippen molar-refractivity contribution in [2.75, 3.05) is 5.75 Å². The number of aromatic amines is 1. The van der Waals surface area contributed by atoms with Gasteiger partial charge < -0.3 is 4.98 Å². The molecule has 0 fully saturated rings. The van der Waals surface area contributed by atoms with Crippen molar-refractivity contribution in [1.82, 2.24) is 9.97 Å². The van der Waals surface area contributed by atoms with Gasteiger partial charge in [0.1, 0.15) is 5.69 Å². The van der Waals surface area contributed by atoms with Crippen LogP contribution < -0.4 is 0 Å². The first kappa shape index (κ1) is 8.88. The van der Waals surface area contributed by atoms with E-state index in [4.69, 9.17) is 0 Å². The second kappa shape index (κ2) is 4.62. The number of H-pyrrole nitrogens is 1. The third kappa shape index (κ3) is 3.26. The summed E-state index contributed by atoms with van der Waals surface area (Å²) < 4.78 is 0. The lowest BCUT2D eigenvalue weighted by Gasteiger charge is -1.83. The first-order valence-electron chi connectivity index (χ1n) is 3.39. The quantitative estimate of drug-likeness (QED) is 0.657. The minimum Gasteiger partial charge on any atom is -0.338 e. The van der Waals surface area contributed by atoms with Gasteiger partial charge in [-0.1, -0.05) is 17.7 Å². The lowest BCUT2D eigenvalue weighted by atomic mass is 10.5. The highest BCUT2D eigenvalue weighted by Gasteiger charge is 1.88. The zero-order valence-corrected chi connectivity index (χ0v) is 7.44. The third-order valence-electron chi connectivity index (χ3n) is 1.07. The summed E-state index contributed by atoms with van der Waals surface area (Å²) in [6, 6.07) is 0. The number of hydrogen-bond donors (Lipinski definition) is 1. The van der Waals surface area contributed by atoms with E-state index in [1.54, 1.807) is 12.5 Å². The van der Waals surface area contributed by atoms with Crippen LogP contribution in [0.1, 0.15) is 12.6 Å². The molecule has 1 heterocycles. The summed E-state index contributed by atoms with van der Waals surface area (Å²) in [5, 5.41) is 0.0916. The highest BCUT2D eigenvalue weighted by molar-refractivity contribution is 8.13. The first-order chi connectivity index (χ1) is 5.79. The fourth-order valence-electron chi connectivity index (χ4n) is 0.593. The number of rotatable bonds is 1. The molecule has 0 aliphatic rings. The molecular formula is C8H8N2OS. The molecule has 0 spiro atoms. The maximum Gasteiger partial charge on any atom is 0.186 e. The fraction of sp³-hybridized carbons (Fsp3) is 0.250. The van der Waals surface area contributed by atoms with E-state index in [9.17, 15) is 4.79 Å². The number of nitrogens with zero attached hydrogens (tertiary/aromatic N) is 1. The van der Waals surface area contributed by atoms with Crippen molar-refractivity contribution in [2.24, 2.45) is 0 Å². The van der Waals surface area contributed by atoms with Crippen molar-refractivity contribution < 1.29 is 4.79 Å². The number of aromatic nitrogens is 2. The topological polar surface area (TPSA) is 45.8 Å². The van der Waals surface area contributed by atoms with E-state index in [0.29, 0.717) is 5.75 Å². The Bertz CT molecular complexity index is 308. The van der Waals surface area contributed by atoms with Crippen LogP contribution in [-0.4, -0.2) is 20.8 Å². The Morgan fingerprint density at radius 1 is 1.83 bits per heavy atom. The molecule has 0 aromatic carbocycles. The SMILES string of the molecule is CC(=O)SCC#Cc1cnc[nH]1. The predicted molar refractivity (Wildman–Crippen MR) is 48.6 cm³/mol. The van der Waals surface area contributed by atoms with Crippen molar-refractivity contribution in [1.29, 1.82) is 0 Å². The fourth-order valence-corrected chi connectivity index (χ4v) is 0.941. The molecule has 1 aromatic heterocycles. The van der Waals surface area contributed by atoms with Gasteiger partial charge in [-0.25, -0.2) is 4.98 Å². The van der Waals surface area contributed by atoms with E-state index >= 15 is 0 Å². The zero-order valence-electron chi connectivity index (χ0n) is 6.63. The maximum absolute atomic E-state index is 10.5. The van der Waals surface area contributed by atoms with Gasteiger partial charge in [0.2, 0.25) is 0 Å². The summed E-state index contributed by atoms with van der Waals surface area (Å²) >= 11 is 1.21. The van der Waals surface area contributed by atoms with Gasteiger partial charge in [0.15, 0.2) is 5.12 Å². The van der Waals surface area contributed by atoms with Gasteiger partial charge in [-0.2, -0.15) is 0 Å². The van der Waals surface area contributed by atoms with Crippen molar-refractivity contribution >= 4 is 16.9 Å². The monoisotopic (exact) mass is 180 g/mol. The molecule has 0 aliphatic heterocycles. The van der Waals surface area contributed by atoms with E-state index in [2.05, 4.69) is 21.8 Å². The number of thioether (sulfide) groups is 1. The minimum atomic E-state index is 0.0916. The smallest absolute Gasteiger partial charge is 0.186 e. The second-order valence-corrected chi connectivity index (χ2v) is 3.20. The first-order valence-corrected chi connectivity index (χ1v) is 4.38. The van der Waals surface area contributed by atoms with Gasteiger partial charge >= 0.3 is 0 Å². The van der Waals surface area contributed by atoms with Crippen LogP contribution >= 0.6 is 11.8 Å². The average Bonchev–Trinajstić information content (AvgIpc) is 2.49. The van der Waals surface area contributed by atoms with Crippen LogP contribution in [0, 0.1) is 11.8 Å². The van der Waals surface area contributed by atoms with Crippen LogP contribution in [0.5, 0.6) is 0 Å². The molecule has 0 amide bonds. The molecule has 3 nitrogen and oxygen atoms in total. The summed E-state index contributed by atoms with van der Waals surface area (Å²) in [5.41, 5.74) is 0.777. The Labute approximate surface area is 75.0 Å². The molecule has 0 bridgehead atoms. The van der Waals surface area contributed by atoms with Gasteiger partial charge in [-0.3, -0.25) is 4.79 Å². The van der Waals surface area contributed by atoms with Crippen LogP contribution in [-0.2, 0) is 4.79 Å². The molecule has 1 N–H and O–H groups in total. The molecule has 0 unspecified atom stereocenters. The third-order valence-corrected chi connectivity index (χ3v) is 1.76. The zero-order chi connectivity index (χ0) is 8.81. The Balaban J connectivity index is 2.35. The number of hydrogen-bond acceptors (Lipinski definition) is 3. The number of imidazole rings is 1. The van der Waals surface area contributed by atoms with Crippen molar-refractivity contribution in [3.05, 3.63) is 18.2 Å². The lowest BCUT2D eigenvalue weighted by molar-refractivity contribution is -0.109. The van der Waals surface area contributed by atoms with E-state index in [1.165, 1.54) is 18.7 Å². The summed E-state index contributed by atoms with van der Waals surface area (Å²) in [7, 11) is 0. The summed E-state index contributed by atoms with van der Waals surface area (Å²) in [6.07, 6.45) is 3.22. The van der Waals surface area contributed by atoms with E-state index < -0.39 is 0 Å². The molecule has 62 valence electrons. The standard InChI is InChI=1S/C8H8N2OS/c1-7(11)12-4-2-3-8-5-9-6-10-8/h5-6H,4H2,1H3,(H,9,10). The molecule has 0 atom stereocenters. The lowest BCUT2D eigenvalue weighted by Crippen LogP contribution is -1.82.